The Morgan fingerprint density at radius 2 is 2.06 bits per heavy atom. The molecule has 17 heavy (non-hydrogen) atoms. The average Bonchev–Trinajstić information content (AvgIpc) is 2.25. The van der Waals surface area contributed by atoms with E-state index in [4.69, 9.17) is 0 Å². The molecule has 0 aromatic rings. The van der Waals surface area contributed by atoms with Crippen molar-refractivity contribution in [3.63, 3.8) is 0 Å². The van der Waals surface area contributed by atoms with Crippen LogP contribution in [0.3, 0.4) is 0 Å². The smallest absolute Gasteiger partial charge is 0.311 e. The van der Waals surface area contributed by atoms with Crippen molar-refractivity contribution in [3.8, 4) is 0 Å². The molecule has 0 amide bonds. The van der Waals surface area contributed by atoms with Crippen LogP contribution in [-0.4, -0.2) is 29.8 Å². The summed E-state index contributed by atoms with van der Waals surface area (Å²) < 4.78 is 37.9. The minimum atomic E-state index is -4.01. The van der Waals surface area contributed by atoms with Gasteiger partial charge in [0.15, 0.2) is 0 Å². The number of halogens is 3. The SMILES string of the molecule is CCSCC(C)NC1CCCC(C(F)(F)F)C1. The van der Waals surface area contributed by atoms with Gasteiger partial charge in [0.25, 0.3) is 0 Å². The Morgan fingerprint density at radius 3 is 2.65 bits per heavy atom. The molecule has 102 valence electrons. The molecule has 1 fully saturated rings. The second-order valence-corrected chi connectivity index (χ2v) is 6.15. The quantitative estimate of drug-likeness (QED) is 0.814. The highest BCUT2D eigenvalue weighted by atomic mass is 32.2. The van der Waals surface area contributed by atoms with Gasteiger partial charge in [0.1, 0.15) is 0 Å². The zero-order chi connectivity index (χ0) is 12.9. The molecule has 0 spiro atoms. The fourth-order valence-corrected chi connectivity index (χ4v) is 3.07. The lowest BCUT2D eigenvalue weighted by atomic mass is 9.85. The Labute approximate surface area is 106 Å². The molecule has 1 saturated carbocycles. The summed E-state index contributed by atoms with van der Waals surface area (Å²) in [5.74, 6) is 0.936. The Hall–Kier alpha value is 0.100. The van der Waals surface area contributed by atoms with E-state index < -0.39 is 12.1 Å². The fraction of sp³-hybridized carbons (Fsp3) is 1.00. The largest absolute Gasteiger partial charge is 0.391 e. The van der Waals surface area contributed by atoms with Crippen molar-refractivity contribution >= 4 is 11.8 Å². The van der Waals surface area contributed by atoms with Crippen molar-refractivity contribution in [2.45, 2.75) is 57.8 Å². The molecule has 5 heteroatoms. The third-order valence-corrected chi connectivity index (χ3v) is 4.37. The summed E-state index contributed by atoms with van der Waals surface area (Å²) in [5, 5.41) is 3.33. The average molecular weight is 269 g/mol. The summed E-state index contributed by atoms with van der Waals surface area (Å²) in [7, 11) is 0. The molecule has 3 unspecified atom stereocenters. The highest BCUT2D eigenvalue weighted by molar-refractivity contribution is 7.99. The van der Waals surface area contributed by atoms with E-state index in [1.54, 1.807) is 0 Å². The highest BCUT2D eigenvalue weighted by Gasteiger charge is 2.42. The summed E-state index contributed by atoms with van der Waals surface area (Å²) in [5.41, 5.74) is 0. The lowest BCUT2D eigenvalue weighted by molar-refractivity contribution is -0.183. The third-order valence-electron chi connectivity index (χ3n) is 3.23. The second-order valence-electron chi connectivity index (χ2n) is 4.83. The molecule has 0 aliphatic heterocycles. The monoisotopic (exact) mass is 269 g/mol. The van der Waals surface area contributed by atoms with Crippen LogP contribution in [0.5, 0.6) is 0 Å². The number of nitrogens with one attached hydrogen (secondary N) is 1. The van der Waals surface area contributed by atoms with Gasteiger partial charge in [0.2, 0.25) is 0 Å². The summed E-state index contributed by atoms with van der Waals surface area (Å²) in [6, 6.07) is 0.347. The topological polar surface area (TPSA) is 12.0 Å². The molecule has 0 radical (unpaired) electrons. The number of rotatable bonds is 5. The van der Waals surface area contributed by atoms with Crippen LogP contribution >= 0.6 is 11.8 Å². The summed E-state index contributed by atoms with van der Waals surface area (Å²) in [6.45, 7) is 4.15. The molecule has 1 rings (SSSR count). The van der Waals surface area contributed by atoms with Gasteiger partial charge in [-0.05, 0) is 31.9 Å². The molecule has 1 N–H and O–H groups in total. The minimum absolute atomic E-state index is 0.0443. The van der Waals surface area contributed by atoms with E-state index in [0.717, 1.165) is 17.9 Å². The highest BCUT2D eigenvalue weighted by Crippen LogP contribution is 2.37. The van der Waals surface area contributed by atoms with E-state index in [0.29, 0.717) is 18.9 Å². The number of thioether (sulfide) groups is 1. The van der Waals surface area contributed by atoms with Crippen LogP contribution in [0.2, 0.25) is 0 Å². The van der Waals surface area contributed by atoms with Gasteiger partial charge < -0.3 is 5.32 Å². The first-order valence-electron chi connectivity index (χ1n) is 6.34. The van der Waals surface area contributed by atoms with E-state index in [9.17, 15) is 13.2 Å². The number of hydrogen-bond acceptors (Lipinski definition) is 2. The Kier molecular flexibility index (Phi) is 6.13. The molecule has 1 aliphatic rings. The maximum absolute atomic E-state index is 12.6. The Balaban J connectivity index is 2.34. The van der Waals surface area contributed by atoms with Crippen LogP contribution in [-0.2, 0) is 0 Å². The lowest BCUT2D eigenvalue weighted by Gasteiger charge is -2.32. The first-order valence-corrected chi connectivity index (χ1v) is 7.49. The predicted octanol–water partition coefficient (Wildman–Crippen LogP) is 3.84. The molecular formula is C12H22F3NS. The van der Waals surface area contributed by atoms with Crippen molar-refractivity contribution in [1.29, 1.82) is 0 Å². The zero-order valence-corrected chi connectivity index (χ0v) is 11.3. The summed E-state index contributed by atoms with van der Waals surface area (Å²) >= 11 is 1.83. The molecule has 0 aromatic heterocycles. The molecule has 1 nitrogen and oxygen atoms in total. The van der Waals surface area contributed by atoms with Gasteiger partial charge in [-0.2, -0.15) is 24.9 Å². The van der Waals surface area contributed by atoms with Gasteiger partial charge in [-0.3, -0.25) is 0 Å². The van der Waals surface area contributed by atoms with E-state index in [1.807, 2.05) is 11.8 Å². The second kappa shape index (κ2) is 6.88. The molecule has 0 saturated heterocycles. The molecule has 0 bridgehead atoms. The fourth-order valence-electron chi connectivity index (χ4n) is 2.38. The molecular weight excluding hydrogens is 247 g/mol. The normalized spacial score (nSPS) is 28.1. The van der Waals surface area contributed by atoms with Crippen molar-refractivity contribution in [2.24, 2.45) is 5.92 Å². The van der Waals surface area contributed by atoms with E-state index in [-0.39, 0.29) is 12.5 Å². The van der Waals surface area contributed by atoms with E-state index in [2.05, 4.69) is 19.2 Å². The summed E-state index contributed by atoms with van der Waals surface area (Å²) in [6.07, 6.45) is -1.88. The first-order chi connectivity index (χ1) is 7.93. The van der Waals surface area contributed by atoms with Crippen molar-refractivity contribution < 1.29 is 13.2 Å². The van der Waals surface area contributed by atoms with E-state index >= 15 is 0 Å². The Morgan fingerprint density at radius 1 is 1.35 bits per heavy atom. The zero-order valence-electron chi connectivity index (χ0n) is 10.5. The first kappa shape index (κ1) is 15.2. The molecule has 1 aliphatic carbocycles. The lowest BCUT2D eigenvalue weighted by Crippen LogP contribution is -2.43. The molecule has 3 atom stereocenters. The summed E-state index contributed by atoms with van der Waals surface area (Å²) in [4.78, 5) is 0. The van der Waals surface area contributed by atoms with Crippen LogP contribution in [0.15, 0.2) is 0 Å². The number of alkyl halides is 3. The van der Waals surface area contributed by atoms with Gasteiger partial charge in [-0.25, -0.2) is 0 Å². The van der Waals surface area contributed by atoms with Crippen LogP contribution in [0, 0.1) is 5.92 Å². The number of hydrogen-bond donors (Lipinski definition) is 1. The van der Waals surface area contributed by atoms with Gasteiger partial charge in [-0.15, -0.1) is 0 Å². The maximum Gasteiger partial charge on any atom is 0.391 e. The van der Waals surface area contributed by atoms with Gasteiger partial charge in [-0.1, -0.05) is 13.3 Å². The van der Waals surface area contributed by atoms with Crippen LogP contribution in [0.4, 0.5) is 13.2 Å². The van der Waals surface area contributed by atoms with E-state index in [1.165, 1.54) is 0 Å². The molecule has 0 heterocycles. The van der Waals surface area contributed by atoms with Crippen molar-refractivity contribution in [3.05, 3.63) is 0 Å². The third kappa shape index (κ3) is 5.51. The van der Waals surface area contributed by atoms with Crippen LogP contribution < -0.4 is 5.32 Å². The Bertz CT molecular complexity index is 220. The predicted molar refractivity (Wildman–Crippen MR) is 67.4 cm³/mol. The van der Waals surface area contributed by atoms with Gasteiger partial charge >= 0.3 is 6.18 Å². The minimum Gasteiger partial charge on any atom is -0.311 e. The maximum atomic E-state index is 12.6. The standard InChI is InChI=1S/C12H22F3NS/c1-3-17-8-9(2)16-11-6-4-5-10(7-11)12(13,14)15/h9-11,16H,3-8H2,1-2H3. The van der Waals surface area contributed by atoms with Gasteiger partial charge in [0.05, 0.1) is 5.92 Å². The van der Waals surface area contributed by atoms with Crippen LogP contribution in [0.1, 0.15) is 39.5 Å². The van der Waals surface area contributed by atoms with Crippen molar-refractivity contribution in [1.82, 2.24) is 5.32 Å². The molecule has 0 aromatic carbocycles. The van der Waals surface area contributed by atoms with Crippen LogP contribution in [0.25, 0.3) is 0 Å². The van der Waals surface area contributed by atoms with Gasteiger partial charge in [0, 0.05) is 17.8 Å². The van der Waals surface area contributed by atoms with Crippen molar-refractivity contribution in [2.75, 3.05) is 11.5 Å².